The highest BCUT2D eigenvalue weighted by Gasteiger charge is 2.40. The maximum Gasteiger partial charge on any atom is 0.335 e. The number of imide groups is 2. The van der Waals surface area contributed by atoms with Crippen LogP contribution in [0.2, 0.25) is 0 Å². The van der Waals surface area contributed by atoms with Gasteiger partial charge in [0.05, 0.1) is 12.8 Å². The van der Waals surface area contributed by atoms with Gasteiger partial charge in [-0.1, -0.05) is 12.1 Å². The average molecular weight is 463 g/mol. The van der Waals surface area contributed by atoms with E-state index in [2.05, 4.69) is 32.9 Å². The van der Waals surface area contributed by atoms with Crippen molar-refractivity contribution in [2.45, 2.75) is 0 Å². The zero-order chi connectivity index (χ0) is 18.7. The Morgan fingerprint density at radius 1 is 1.12 bits per heavy atom. The summed E-state index contributed by atoms with van der Waals surface area (Å²) < 4.78 is 6.15. The lowest BCUT2D eigenvalue weighted by Crippen LogP contribution is -2.58. The summed E-state index contributed by atoms with van der Waals surface area (Å²) >= 11 is 2.12. The minimum atomic E-state index is -1.21. The van der Waals surface area contributed by atoms with Gasteiger partial charge >= 0.3 is 6.03 Å². The smallest absolute Gasteiger partial charge is 0.335 e. The van der Waals surface area contributed by atoms with Gasteiger partial charge in [0.2, 0.25) is 5.91 Å². The molecule has 1 N–H and O–H groups in total. The molecule has 0 bridgehead atoms. The van der Waals surface area contributed by atoms with Gasteiger partial charge in [0.15, 0.2) is 5.92 Å². The predicted molar refractivity (Wildman–Crippen MR) is 105 cm³/mol. The molecule has 2 aromatic carbocycles. The average Bonchev–Trinajstić information content (AvgIpc) is 2.63. The molecule has 2 aromatic rings. The first kappa shape index (κ1) is 18.1. The maximum atomic E-state index is 12.7. The van der Waals surface area contributed by atoms with Crippen LogP contribution in [-0.2, 0) is 9.59 Å². The number of amides is 4. The van der Waals surface area contributed by atoms with E-state index in [0.717, 1.165) is 8.47 Å². The second-order valence-electron chi connectivity index (χ2n) is 5.37. The maximum absolute atomic E-state index is 12.7. The number of rotatable bonds is 4. The lowest BCUT2D eigenvalue weighted by atomic mass is 10.1. The van der Waals surface area contributed by atoms with Crippen molar-refractivity contribution in [3.8, 4) is 5.75 Å². The number of halogens is 1. The van der Waals surface area contributed by atoms with Gasteiger partial charge in [-0.15, -0.1) is 0 Å². The van der Waals surface area contributed by atoms with Crippen LogP contribution in [0.15, 0.2) is 53.5 Å². The summed E-state index contributed by atoms with van der Waals surface area (Å²) in [6, 6.07) is 13.0. The largest absolute Gasteiger partial charge is 0.494 e. The lowest BCUT2D eigenvalue weighted by molar-refractivity contribution is -0.131. The Labute approximate surface area is 163 Å². The van der Waals surface area contributed by atoms with Crippen LogP contribution < -0.4 is 15.0 Å². The quantitative estimate of drug-likeness (QED) is 0.429. The third kappa shape index (κ3) is 3.59. The van der Waals surface area contributed by atoms with Gasteiger partial charge in [-0.25, -0.2) is 9.69 Å². The Hall–Kier alpha value is -2.75. The van der Waals surface area contributed by atoms with E-state index in [4.69, 9.17) is 4.74 Å². The number of anilines is 1. The van der Waals surface area contributed by atoms with Crippen molar-refractivity contribution in [3.63, 3.8) is 0 Å². The van der Waals surface area contributed by atoms with Gasteiger partial charge in [0.1, 0.15) is 11.4 Å². The molecule has 3 rings (SSSR count). The third-order valence-electron chi connectivity index (χ3n) is 3.73. The van der Waals surface area contributed by atoms with E-state index < -0.39 is 23.8 Å². The number of hydrogen-bond acceptors (Lipinski definition) is 5. The molecule has 0 aliphatic carbocycles. The molecule has 1 heterocycles. The van der Waals surface area contributed by atoms with E-state index >= 15 is 0 Å². The lowest BCUT2D eigenvalue weighted by Gasteiger charge is -2.28. The number of ether oxygens (including phenoxy) is 1. The van der Waals surface area contributed by atoms with Crippen molar-refractivity contribution < 1.29 is 19.1 Å². The second kappa shape index (κ2) is 7.65. The standard InChI is InChI=1S/C18H14IN3O4/c1-26-15-5-3-2-4-14(15)20-10-13-16(23)21-18(25)22(17(13)24)12-8-6-11(19)7-9-12/h2-10,13H,1H3,(H,21,23,25)/t13-/m0/s1. The van der Waals surface area contributed by atoms with E-state index in [1.807, 2.05) is 0 Å². The highest BCUT2D eigenvalue weighted by molar-refractivity contribution is 14.1. The molecule has 1 saturated heterocycles. The molecular formula is C18H14IN3O4. The molecule has 8 heteroatoms. The van der Waals surface area contributed by atoms with Gasteiger partial charge in [-0.05, 0) is 59.0 Å². The minimum absolute atomic E-state index is 0.385. The van der Waals surface area contributed by atoms with Crippen LogP contribution in [0.1, 0.15) is 0 Å². The van der Waals surface area contributed by atoms with Crippen LogP contribution in [0.4, 0.5) is 16.2 Å². The van der Waals surface area contributed by atoms with Crippen LogP contribution in [-0.4, -0.2) is 31.2 Å². The summed E-state index contributed by atoms with van der Waals surface area (Å²) in [6.07, 6.45) is 1.22. The number of methoxy groups -OCH3 is 1. The molecule has 1 aliphatic heterocycles. The molecule has 0 aromatic heterocycles. The molecule has 7 nitrogen and oxygen atoms in total. The van der Waals surface area contributed by atoms with Gasteiger partial charge < -0.3 is 4.74 Å². The number of hydrogen-bond donors (Lipinski definition) is 1. The first-order valence-electron chi connectivity index (χ1n) is 7.63. The molecule has 0 radical (unpaired) electrons. The highest BCUT2D eigenvalue weighted by atomic mass is 127. The number of urea groups is 1. The minimum Gasteiger partial charge on any atom is -0.494 e. The van der Waals surface area contributed by atoms with Crippen molar-refractivity contribution in [2.24, 2.45) is 10.9 Å². The third-order valence-corrected chi connectivity index (χ3v) is 4.45. The highest BCUT2D eigenvalue weighted by Crippen LogP contribution is 2.27. The Balaban J connectivity index is 1.90. The summed E-state index contributed by atoms with van der Waals surface area (Å²) in [6.45, 7) is 0. The number of nitrogens with one attached hydrogen (secondary N) is 1. The number of nitrogens with zero attached hydrogens (tertiary/aromatic N) is 2. The number of benzene rings is 2. The molecular weight excluding hydrogens is 449 g/mol. The summed E-state index contributed by atoms with van der Waals surface area (Å²) in [5, 5.41) is 2.19. The Morgan fingerprint density at radius 2 is 1.81 bits per heavy atom. The topological polar surface area (TPSA) is 88.1 Å². The predicted octanol–water partition coefficient (Wildman–Crippen LogP) is 2.90. The van der Waals surface area contributed by atoms with Crippen molar-refractivity contribution in [3.05, 3.63) is 52.1 Å². The molecule has 0 spiro atoms. The number of carbonyl (C=O) groups is 3. The SMILES string of the molecule is COc1ccccc1N=C[C@H]1C(=O)NC(=O)N(c2ccc(I)cc2)C1=O. The van der Waals surface area contributed by atoms with Crippen molar-refractivity contribution >= 4 is 58.0 Å². The molecule has 1 fully saturated rings. The number of aliphatic imine (C=N–C) groups is 1. The van der Waals surface area contributed by atoms with Crippen LogP contribution in [0, 0.1) is 9.49 Å². The van der Waals surface area contributed by atoms with E-state index in [-0.39, 0.29) is 0 Å². The Bertz CT molecular complexity index is 896. The summed E-state index contributed by atoms with van der Waals surface area (Å²) in [5.41, 5.74) is 0.865. The molecule has 0 saturated carbocycles. The fraction of sp³-hybridized carbons (Fsp3) is 0.111. The number of carbonyl (C=O) groups excluding carboxylic acids is 3. The van der Waals surface area contributed by atoms with Crippen molar-refractivity contribution in [1.82, 2.24) is 5.32 Å². The fourth-order valence-corrected chi connectivity index (χ4v) is 2.81. The zero-order valence-corrected chi connectivity index (χ0v) is 15.8. The molecule has 132 valence electrons. The van der Waals surface area contributed by atoms with Gasteiger partial charge in [0, 0.05) is 9.78 Å². The molecule has 4 amide bonds. The summed E-state index contributed by atoms with van der Waals surface area (Å²) in [5.74, 6) is -2.06. The molecule has 26 heavy (non-hydrogen) atoms. The van der Waals surface area contributed by atoms with Crippen LogP contribution in [0.3, 0.4) is 0 Å². The van der Waals surface area contributed by atoms with E-state index in [0.29, 0.717) is 17.1 Å². The van der Waals surface area contributed by atoms with Crippen LogP contribution in [0.25, 0.3) is 0 Å². The number of para-hydroxylation sites is 2. The monoisotopic (exact) mass is 463 g/mol. The molecule has 0 unspecified atom stereocenters. The second-order valence-corrected chi connectivity index (χ2v) is 6.62. The first-order valence-corrected chi connectivity index (χ1v) is 8.70. The summed E-state index contributed by atoms with van der Waals surface area (Å²) in [4.78, 5) is 42.1. The molecule has 1 aliphatic rings. The Kier molecular flexibility index (Phi) is 5.31. The van der Waals surface area contributed by atoms with Gasteiger partial charge in [-0.3, -0.25) is 19.9 Å². The normalized spacial score (nSPS) is 17.5. The van der Waals surface area contributed by atoms with Gasteiger partial charge in [-0.2, -0.15) is 0 Å². The number of barbiturate groups is 1. The van der Waals surface area contributed by atoms with E-state index in [9.17, 15) is 14.4 Å². The molecule has 1 atom stereocenters. The van der Waals surface area contributed by atoms with Crippen LogP contribution in [0.5, 0.6) is 5.75 Å². The van der Waals surface area contributed by atoms with Crippen LogP contribution >= 0.6 is 22.6 Å². The van der Waals surface area contributed by atoms with Crippen molar-refractivity contribution in [1.29, 1.82) is 0 Å². The fourth-order valence-electron chi connectivity index (χ4n) is 2.45. The Morgan fingerprint density at radius 3 is 2.50 bits per heavy atom. The van der Waals surface area contributed by atoms with Crippen molar-refractivity contribution in [2.75, 3.05) is 12.0 Å². The first-order chi connectivity index (χ1) is 12.5. The van der Waals surface area contributed by atoms with E-state index in [1.165, 1.54) is 13.3 Å². The van der Waals surface area contributed by atoms with E-state index in [1.54, 1.807) is 48.5 Å². The van der Waals surface area contributed by atoms with Gasteiger partial charge in [0.25, 0.3) is 5.91 Å². The zero-order valence-electron chi connectivity index (χ0n) is 13.7. The summed E-state index contributed by atoms with van der Waals surface area (Å²) in [7, 11) is 1.50.